The quantitative estimate of drug-likeness (QED) is 0.794. The first-order valence-electron chi connectivity index (χ1n) is 5.63. The molecular weight excluding hydrogens is 230 g/mol. The van der Waals surface area contributed by atoms with E-state index in [1.54, 1.807) is 0 Å². The highest BCUT2D eigenvalue weighted by Crippen LogP contribution is 2.27. The van der Waals surface area contributed by atoms with E-state index >= 15 is 0 Å². The van der Waals surface area contributed by atoms with Gasteiger partial charge in [0, 0.05) is 23.1 Å². The van der Waals surface area contributed by atoms with Gasteiger partial charge in [-0.25, -0.2) is 8.42 Å². The topological polar surface area (TPSA) is 46.2 Å². The largest absolute Gasteiger partial charge is 0.310 e. The minimum absolute atomic E-state index is 0.375. The molecule has 2 fully saturated rings. The molecule has 5 heteroatoms. The Labute approximate surface area is 96.3 Å². The number of rotatable bonds is 2. The van der Waals surface area contributed by atoms with Gasteiger partial charge in [0.05, 0.1) is 11.5 Å². The van der Waals surface area contributed by atoms with E-state index in [1.165, 1.54) is 12.2 Å². The van der Waals surface area contributed by atoms with Gasteiger partial charge in [-0.05, 0) is 19.3 Å². The van der Waals surface area contributed by atoms with Crippen molar-refractivity contribution >= 4 is 21.6 Å². The van der Waals surface area contributed by atoms with Crippen molar-refractivity contribution in [3.05, 3.63) is 0 Å². The molecule has 15 heavy (non-hydrogen) atoms. The first-order valence-corrected chi connectivity index (χ1v) is 8.50. The van der Waals surface area contributed by atoms with Gasteiger partial charge >= 0.3 is 0 Å². The molecule has 88 valence electrons. The lowest BCUT2D eigenvalue weighted by atomic mass is 10.1. The lowest BCUT2D eigenvalue weighted by Gasteiger charge is -2.26. The zero-order valence-electron chi connectivity index (χ0n) is 9.11. The maximum atomic E-state index is 11.3. The molecule has 0 aromatic carbocycles. The van der Waals surface area contributed by atoms with E-state index in [-0.39, 0.29) is 0 Å². The maximum Gasteiger partial charge on any atom is 0.150 e. The van der Waals surface area contributed by atoms with Crippen LogP contribution in [0.25, 0.3) is 0 Å². The van der Waals surface area contributed by atoms with E-state index in [1.807, 2.05) is 11.8 Å². The summed E-state index contributed by atoms with van der Waals surface area (Å²) >= 11 is 2.01. The third-order valence-electron chi connectivity index (χ3n) is 3.22. The minimum atomic E-state index is -2.71. The average Bonchev–Trinajstić information content (AvgIpc) is 2.55. The molecule has 1 N–H and O–H groups in total. The fraction of sp³-hybridized carbons (Fsp3) is 1.00. The second kappa shape index (κ2) is 4.63. The molecule has 0 saturated carbocycles. The molecule has 2 aliphatic rings. The highest BCUT2D eigenvalue weighted by atomic mass is 32.2. The van der Waals surface area contributed by atoms with Crippen LogP contribution in [-0.4, -0.2) is 43.0 Å². The summed E-state index contributed by atoms with van der Waals surface area (Å²) in [6.07, 6.45) is 2.84. The molecule has 0 aromatic heterocycles. The normalized spacial score (nSPS) is 36.9. The highest BCUT2D eigenvalue weighted by molar-refractivity contribution is 8.00. The van der Waals surface area contributed by atoms with Crippen molar-refractivity contribution < 1.29 is 8.42 Å². The van der Waals surface area contributed by atoms with E-state index < -0.39 is 9.84 Å². The van der Waals surface area contributed by atoms with Crippen molar-refractivity contribution in [3.63, 3.8) is 0 Å². The van der Waals surface area contributed by atoms with Crippen molar-refractivity contribution in [2.24, 2.45) is 0 Å². The lowest BCUT2D eigenvalue weighted by Crippen LogP contribution is -2.43. The van der Waals surface area contributed by atoms with Gasteiger partial charge in [-0.2, -0.15) is 11.8 Å². The standard InChI is InChI=1S/C10H19NO2S2/c1-8-6-10(7-14-8)11-9-2-4-15(12,13)5-3-9/h8-11H,2-7H2,1H3. The molecule has 2 heterocycles. The van der Waals surface area contributed by atoms with E-state index in [0.717, 1.165) is 18.1 Å². The molecule has 2 saturated heterocycles. The average molecular weight is 249 g/mol. The molecule has 2 aliphatic heterocycles. The third kappa shape index (κ3) is 3.36. The van der Waals surface area contributed by atoms with Gasteiger partial charge in [0.1, 0.15) is 9.84 Å². The van der Waals surface area contributed by atoms with Gasteiger partial charge in [0.25, 0.3) is 0 Å². The predicted octanol–water partition coefficient (Wildman–Crippen LogP) is 1.05. The van der Waals surface area contributed by atoms with E-state index in [0.29, 0.717) is 23.6 Å². The molecular formula is C10H19NO2S2. The Bertz CT molecular complexity index is 301. The van der Waals surface area contributed by atoms with Gasteiger partial charge < -0.3 is 5.32 Å². The second-order valence-electron chi connectivity index (χ2n) is 4.67. The summed E-state index contributed by atoms with van der Waals surface area (Å²) in [6, 6.07) is 1.04. The summed E-state index contributed by atoms with van der Waals surface area (Å²) in [5, 5.41) is 4.36. The summed E-state index contributed by atoms with van der Waals surface area (Å²) in [4.78, 5) is 0. The van der Waals surface area contributed by atoms with Gasteiger partial charge in [0.15, 0.2) is 0 Å². The van der Waals surface area contributed by atoms with Gasteiger partial charge in [-0.1, -0.05) is 6.92 Å². The Kier molecular flexibility index (Phi) is 3.63. The van der Waals surface area contributed by atoms with Crippen LogP contribution >= 0.6 is 11.8 Å². The van der Waals surface area contributed by atoms with Crippen molar-refractivity contribution in [1.29, 1.82) is 0 Å². The van der Waals surface area contributed by atoms with Crippen LogP contribution in [-0.2, 0) is 9.84 Å². The van der Waals surface area contributed by atoms with Crippen LogP contribution in [0.1, 0.15) is 26.2 Å². The van der Waals surface area contributed by atoms with Crippen molar-refractivity contribution in [3.8, 4) is 0 Å². The van der Waals surface area contributed by atoms with Crippen LogP contribution in [0.5, 0.6) is 0 Å². The molecule has 0 amide bonds. The Balaban J connectivity index is 1.77. The maximum absolute atomic E-state index is 11.3. The summed E-state index contributed by atoms with van der Waals surface area (Å²) < 4.78 is 22.5. The van der Waals surface area contributed by atoms with Gasteiger partial charge in [0.2, 0.25) is 0 Å². The number of hydrogen-bond donors (Lipinski definition) is 1. The smallest absolute Gasteiger partial charge is 0.150 e. The number of thioether (sulfide) groups is 1. The SMILES string of the molecule is CC1CC(NC2CCS(=O)(=O)CC2)CS1. The van der Waals surface area contributed by atoms with Crippen molar-refractivity contribution in [2.45, 2.75) is 43.5 Å². The fourth-order valence-electron chi connectivity index (χ4n) is 2.32. The Morgan fingerprint density at radius 2 is 1.87 bits per heavy atom. The summed E-state index contributed by atoms with van der Waals surface area (Å²) in [5.41, 5.74) is 0. The first kappa shape index (κ1) is 11.7. The first-order chi connectivity index (χ1) is 7.05. The van der Waals surface area contributed by atoms with E-state index in [2.05, 4.69) is 12.2 Å². The molecule has 0 radical (unpaired) electrons. The van der Waals surface area contributed by atoms with Crippen LogP contribution in [0, 0.1) is 0 Å². The molecule has 3 nitrogen and oxygen atoms in total. The van der Waals surface area contributed by atoms with Crippen LogP contribution < -0.4 is 5.32 Å². The molecule has 2 atom stereocenters. The number of nitrogens with one attached hydrogen (secondary N) is 1. The Morgan fingerprint density at radius 1 is 1.20 bits per heavy atom. The number of sulfone groups is 1. The molecule has 0 spiro atoms. The zero-order chi connectivity index (χ0) is 10.9. The number of hydrogen-bond acceptors (Lipinski definition) is 4. The molecule has 0 aromatic rings. The van der Waals surface area contributed by atoms with Gasteiger partial charge in [-0.3, -0.25) is 0 Å². The molecule has 0 aliphatic carbocycles. The second-order valence-corrected chi connectivity index (χ2v) is 8.44. The van der Waals surface area contributed by atoms with Crippen LogP contribution in [0.4, 0.5) is 0 Å². The zero-order valence-corrected chi connectivity index (χ0v) is 10.7. The predicted molar refractivity (Wildman–Crippen MR) is 65.1 cm³/mol. The van der Waals surface area contributed by atoms with E-state index in [9.17, 15) is 8.42 Å². The lowest BCUT2D eigenvalue weighted by molar-refractivity contribution is 0.411. The summed E-state index contributed by atoms with van der Waals surface area (Å²) in [7, 11) is -2.71. The monoisotopic (exact) mass is 249 g/mol. The Morgan fingerprint density at radius 3 is 2.40 bits per heavy atom. The van der Waals surface area contributed by atoms with Crippen molar-refractivity contribution in [2.75, 3.05) is 17.3 Å². The molecule has 2 unspecified atom stereocenters. The van der Waals surface area contributed by atoms with E-state index in [4.69, 9.17) is 0 Å². The van der Waals surface area contributed by atoms with Crippen LogP contribution in [0.2, 0.25) is 0 Å². The van der Waals surface area contributed by atoms with Crippen LogP contribution in [0.3, 0.4) is 0 Å². The van der Waals surface area contributed by atoms with Crippen molar-refractivity contribution in [1.82, 2.24) is 5.32 Å². The van der Waals surface area contributed by atoms with Gasteiger partial charge in [-0.15, -0.1) is 0 Å². The highest BCUT2D eigenvalue weighted by Gasteiger charge is 2.28. The summed E-state index contributed by atoms with van der Waals surface area (Å²) in [6.45, 7) is 2.26. The fourth-order valence-corrected chi connectivity index (χ4v) is 4.98. The minimum Gasteiger partial charge on any atom is -0.310 e. The van der Waals surface area contributed by atoms with Crippen LogP contribution in [0.15, 0.2) is 0 Å². The summed E-state index contributed by atoms with van der Waals surface area (Å²) in [5.74, 6) is 1.94. The third-order valence-corrected chi connectivity index (χ3v) is 6.30. The molecule has 0 bridgehead atoms. The Hall–Kier alpha value is 0.260. The molecule has 2 rings (SSSR count).